The summed E-state index contributed by atoms with van der Waals surface area (Å²) in [5.74, 6) is 0. The zero-order chi connectivity index (χ0) is 11.0. The number of rotatable bonds is 4. The van der Waals surface area contributed by atoms with Crippen molar-refractivity contribution in [1.29, 1.82) is 0 Å². The minimum atomic E-state index is -0.652. The van der Waals surface area contributed by atoms with Crippen LogP contribution in [0.15, 0.2) is 5.29 Å². The Kier molecular flexibility index (Phi) is 5.75. The van der Waals surface area contributed by atoms with E-state index in [-0.39, 0.29) is 13.2 Å². The van der Waals surface area contributed by atoms with Crippen LogP contribution in [0.5, 0.6) is 0 Å². The van der Waals surface area contributed by atoms with Crippen molar-refractivity contribution in [3.8, 4) is 0 Å². The summed E-state index contributed by atoms with van der Waals surface area (Å²) in [4.78, 5) is 31.2. The molecule has 0 bridgehead atoms. The molecule has 0 unspecified atom stereocenters. The number of urea groups is 1. The van der Waals surface area contributed by atoms with Crippen molar-refractivity contribution in [3.05, 3.63) is 4.91 Å². The lowest BCUT2D eigenvalue weighted by molar-refractivity contribution is 0.147. The Balaban J connectivity index is 3.50. The third-order valence-electron chi connectivity index (χ3n) is 1.23. The summed E-state index contributed by atoms with van der Waals surface area (Å²) in [5, 5.41) is 7.50. The van der Waals surface area contributed by atoms with Crippen molar-refractivity contribution in [1.82, 2.24) is 15.6 Å². The zero-order valence-corrected chi connectivity index (χ0v) is 7.94. The van der Waals surface area contributed by atoms with Crippen LogP contribution in [0.3, 0.4) is 0 Å². The van der Waals surface area contributed by atoms with Crippen LogP contribution in [-0.4, -0.2) is 44.4 Å². The molecule has 80 valence electrons. The Hall–Kier alpha value is -1.86. The van der Waals surface area contributed by atoms with Crippen molar-refractivity contribution in [2.24, 2.45) is 5.29 Å². The van der Waals surface area contributed by atoms with Gasteiger partial charge in [0.25, 0.3) is 0 Å². The van der Waals surface area contributed by atoms with Gasteiger partial charge in [0.05, 0.1) is 11.8 Å². The van der Waals surface area contributed by atoms with Crippen molar-refractivity contribution in [3.63, 3.8) is 0 Å². The molecule has 0 saturated heterocycles. The van der Waals surface area contributed by atoms with Crippen LogP contribution in [0.1, 0.15) is 0 Å². The molecule has 3 amide bonds. The molecule has 0 aliphatic heterocycles. The quantitative estimate of drug-likeness (QED) is 0.372. The number of nitrogens with one attached hydrogen (secondary N) is 2. The number of hydrogen-bond acceptors (Lipinski definition) is 5. The number of alkyl carbamates (subject to hydrolysis) is 1. The van der Waals surface area contributed by atoms with Crippen LogP contribution in [0.25, 0.3) is 0 Å². The second-order valence-electron chi connectivity index (χ2n) is 2.22. The van der Waals surface area contributed by atoms with E-state index in [1.165, 1.54) is 14.1 Å². The first-order valence-electron chi connectivity index (χ1n) is 3.81. The van der Waals surface area contributed by atoms with Crippen molar-refractivity contribution < 1.29 is 14.3 Å². The molecule has 0 aromatic rings. The van der Waals surface area contributed by atoms with Crippen molar-refractivity contribution in [2.45, 2.75) is 0 Å². The van der Waals surface area contributed by atoms with Crippen LogP contribution < -0.4 is 10.6 Å². The summed E-state index contributed by atoms with van der Waals surface area (Å²) >= 11 is 0. The lowest BCUT2D eigenvalue weighted by Gasteiger charge is -2.08. The molecule has 0 spiro atoms. The van der Waals surface area contributed by atoms with E-state index in [4.69, 9.17) is 0 Å². The fourth-order valence-corrected chi connectivity index (χ4v) is 0.525. The minimum Gasteiger partial charge on any atom is -0.448 e. The molecule has 0 aliphatic rings. The molecule has 0 aromatic heterocycles. The van der Waals surface area contributed by atoms with Gasteiger partial charge >= 0.3 is 12.1 Å². The number of carbonyl (C=O) groups is 2. The second-order valence-corrected chi connectivity index (χ2v) is 2.22. The van der Waals surface area contributed by atoms with E-state index in [1.807, 2.05) is 0 Å². The number of hydrogen-bond donors (Lipinski definition) is 2. The van der Waals surface area contributed by atoms with E-state index in [0.29, 0.717) is 5.01 Å². The van der Waals surface area contributed by atoms with Gasteiger partial charge < -0.3 is 15.4 Å². The minimum absolute atomic E-state index is 0.0259. The SMILES string of the molecule is CNC(=O)OCCNC(=O)N(C)N=O. The highest BCUT2D eigenvalue weighted by Gasteiger charge is 2.06. The summed E-state index contributed by atoms with van der Waals surface area (Å²) in [7, 11) is 2.63. The summed E-state index contributed by atoms with van der Waals surface area (Å²) in [6.07, 6.45) is -0.582. The van der Waals surface area contributed by atoms with E-state index < -0.39 is 12.1 Å². The van der Waals surface area contributed by atoms with Gasteiger partial charge in [-0.25, -0.2) is 9.59 Å². The first-order chi connectivity index (χ1) is 6.61. The number of amides is 3. The molecule has 0 atom stereocenters. The Bertz CT molecular complexity index is 220. The van der Waals surface area contributed by atoms with Gasteiger partial charge in [0, 0.05) is 14.1 Å². The molecule has 0 radical (unpaired) electrons. The Labute approximate surface area is 80.5 Å². The molecule has 0 aromatic carbocycles. The molecule has 0 rings (SSSR count). The van der Waals surface area contributed by atoms with Gasteiger partial charge in [-0.1, -0.05) is 0 Å². The average molecular weight is 204 g/mol. The highest BCUT2D eigenvalue weighted by Crippen LogP contribution is 1.83. The van der Waals surface area contributed by atoms with Crippen LogP contribution in [0.2, 0.25) is 0 Å². The Morgan fingerprint density at radius 1 is 1.50 bits per heavy atom. The first kappa shape index (κ1) is 12.1. The molecule has 0 heterocycles. The van der Waals surface area contributed by atoms with E-state index in [0.717, 1.165) is 0 Å². The van der Waals surface area contributed by atoms with Gasteiger partial charge in [-0.2, -0.15) is 5.01 Å². The van der Waals surface area contributed by atoms with Crippen molar-refractivity contribution in [2.75, 3.05) is 27.2 Å². The van der Waals surface area contributed by atoms with Crippen LogP contribution >= 0.6 is 0 Å². The number of carbonyl (C=O) groups excluding carboxylic acids is 2. The van der Waals surface area contributed by atoms with E-state index in [1.54, 1.807) is 0 Å². The maximum absolute atomic E-state index is 10.9. The normalized spacial score (nSPS) is 8.71. The predicted molar refractivity (Wildman–Crippen MR) is 47.4 cm³/mol. The fraction of sp³-hybridized carbons (Fsp3) is 0.667. The topological polar surface area (TPSA) is 100 Å². The van der Waals surface area contributed by atoms with E-state index in [9.17, 15) is 14.5 Å². The maximum atomic E-state index is 10.9. The van der Waals surface area contributed by atoms with E-state index >= 15 is 0 Å². The summed E-state index contributed by atoms with van der Waals surface area (Å²) in [6.45, 7) is 0.143. The van der Waals surface area contributed by atoms with Crippen LogP contribution in [0, 0.1) is 4.91 Å². The molecule has 14 heavy (non-hydrogen) atoms. The lowest BCUT2D eigenvalue weighted by atomic mass is 10.7. The maximum Gasteiger partial charge on any atom is 0.406 e. The van der Waals surface area contributed by atoms with Crippen LogP contribution in [-0.2, 0) is 4.74 Å². The van der Waals surface area contributed by atoms with Gasteiger partial charge in [0.15, 0.2) is 0 Å². The fourth-order valence-electron chi connectivity index (χ4n) is 0.525. The van der Waals surface area contributed by atoms with Gasteiger partial charge in [0.1, 0.15) is 6.61 Å². The van der Waals surface area contributed by atoms with E-state index in [2.05, 4.69) is 20.7 Å². The van der Waals surface area contributed by atoms with Gasteiger partial charge in [-0.15, -0.1) is 4.91 Å². The molecular weight excluding hydrogens is 192 g/mol. The van der Waals surface area contributed by atoms with Crippen molar-refractivity contribution >= 4 is 12.1 Å². The number of nitrogens with zero attached hydrogens (tertiary/aromatic N) is 2. The third-order valence-corrected chi connectivity index (χ3v) is 1.23. The molecule has 0 fully saturated rings. The molecule has 2 N–H and O–H groups in total. The Morgan fingerprint density at radius 3 is 2.64 bits per heavy atom. The molecule has 0 aliphatic carbocycles. The summed E-state index contributed by atoms with van der Waals surface area (Å²) in [6, 6.07) is -0.652. The number of ether oxygens (including phenoxy) is 1. The average Bonchev–Trinajstić information content (AvgIpc) is 2.22. The van der Waals surface area contributed by atoms with Crippen LogP contribution in [0.4, 0.5) is 9.59 Å². The second kappa shape index (κ2) is 6.63. The monoisotopic (exact) mass is 204 g/mol. The number of nitroso groups, excluding NO2 is 1. The third kappa shape index (κ3) is 4.91. The standard InChI is InChI=1S/C6H12N4O4/c1-7-6(12)14-4-3-8-5(11)10(2)9-13/h3-4H2,1-2H3,(H,7,12)(H,8,11). The molecule has 8 nitrogen and oxygen atoms in total. The molecular formula is C6H12N4O4. The first-order valence-corrected chi connectivity index (χ1v) is 3.81. The molecule has 8 heteroatoms. The highest BCUT2D eigenvalue weighted by atomic mass is 16.5. The lowest BCUT2D eigenvalue weighted by Crippen LogP contribution is -2.36. The smallest absolute Gasteiger partial charge is 0.406 e. The predicted octanol–water partition coefficient (Wildman–Crippen LogP) is -0.335. The van der Waals surface area contributed by atoms with Gasteiger partial charge in [-0.05, 0) is 0 Å². The zero-order valence-electron chi connectivity index (χ0n) is 7.94. The largest absolute Gasteiger partial charge is 0.448 e. The Morgan fingerprint density at radius 2 is 2.14 bits per heavy atom. The summed E-state index contributed by atoms with van der Waals surface area (Å²) in [5.41, 5.74) is 0. The molecule has 0 saturated carbocycles. The summed E-state index contributed by atoms with van der Waals surface area (Å²) < 4.78 is 4.56. The highest BCUT2D eigenvalue weighted by molar-refractivity contribution is 5.73. The van der Waals surface area contributed by atoms with Gasteiger partial charge in [0.2, 0.25) is 0 Å². The van der Waals surface area contributed by atoms with Gasteiger partial charge in [-0.3, -0.25) is 0 Å².